The molecule has 2 heterocycles. The zero-order valence-corrected chi connectivity index (χ0v) is 12.1. The molecule has 8 heteroatoms. The van der Waals surface area contributed by atoms with Gasteiger partial charge in [0.2, 0.25) is 5.75 Å². The molecule has 0 spiro atoms. The topological polar surface area (TPSA) is 111 Å². The molecule has 8 nitrogen and oxygen atoms in total. The van der Waals surface area contributed by atoms with Crippen molar-refractivity contribution in [1.29, 1.82) is 0 Å². The number of nitrogens with one attached hydrogen (secondary N) is 1. The number of nitro groups is 1. The summed E-state index contributed by atoms with van der Waals surface area (Å²) in [5, 5.41) is 11.4. The molecular weight excluding hydrogens is 300 g/mol. The normalized spacial score (nSPS) is 12.0. The van der Waals surface area contributed by atoms with Crippen molar-refractivity contribution in [2.45, 2.75) is 13.0 Å². The monoisotopic (exact) mass is 312 g/mol. The first-order valence-electron chi connectivity index (χ1n) is 6.81. The summed E-state index contributed by atoms with van der Waals surface area (Å²) in [7, 11) is 0. The first kappa shape index (κ1) is 14.6. The Bertz CT molecular complexity index is 938. The largest absolute Gasteiger partial charge is 0.474 e. The highest BCUT2D eigenvalue weighted by molar-refractivity contribution is 5.77. The Kier molecular flexibility index (Phi) is 3.71. The van der Waals surface area contributed by atoms with Crippen LogP contribution in [0.1, 0.15) is 18.9 Å². The minimum Gasteiger partial charge on any atom is -0.474 e. The van der Waals surface area contributed by atoms with Gasteiger partial charge in [-0.15, -0.1) is 0 Å². The first-order chi connectivity index (χ1) is 11.1. The molecule has 1 aromatic carbocycles. The lowest BCUT2D eigenvalue weighted by atomic mass is 10.2. The van der Waals surface area contributed by atoms with Crippen molar-refractivity contribution in [2.24, 2.45) is 0 Å². The molecule has 0 unspecified atom stereocenters. The van der Waals surface area contributed by atoms with Gasteiger partial charge < -0.3 is 19.8 Å². The molecule has 1 atom stereocenters. The number of aromatic amines is 1. The maximum Gasteiger partial charge on any atom is 0.406 e. The molecule has 116 valence electrons. The van der Waals surface area contributed by atoms with E-state index in [0.29, 0.717) is 10.9 Å². The van der Waals surface area contributed by atoms with Crippen LogP contribution in [-0.2, 0) is 0 Å². The van der Waals surface area contributed by atoms with Gasteiger partial charge in [0, 0.05) is 0 Å². The molecule has 0 aliphatic rings. The Balaban J connectivity index is 1.97. The van der Waals surface area contributed by atoms with Gasteiger partial charge >= 0.3 is 5.82 Å². The van der Waals surface area contributed by atoms with Crippen molar-refractivity contribution < 1.29 is 9.66 Å². The Morgan fingerprint density at radius 3 is 2.83 bits per heavy atom. The molecule has 1 N–H and O–H groups in total. The van der Waals surface area contributed by atoms with Gasteiger partial charge in [0.05, 0.1) is 10.9 Å². The average Bonchev–Trinajstić information content (AvgIpc) is 2.55. The number of ether oxygens (including phenoxy) is 1. The maximum absolute atomic E-state index is 12.1. The second-order valence-corrected chi connectivity index (χ2v) is 4.81. The van der Waals surface area contributed by atoms with Crippen LogP contribution in [0.15, 0.2) is 47.4 Å². The summed E-state index contributed by atoms with van der Waals surface area (Å²) in [5.41, 5.74) is 0.240. The van der Waals surface area contributed by atoms with Gasteiger partial charge in [0.25, 0.3) is 5.56 Å². The van der Waals surface area contributed by atoms with E-state index in [1.165, 1.54) is 18.3 Å². The van der Waals surface area contributed by atoms with Crippen LogP contribution in [-0.4, -0.2) is 19.9 Å². The van der Waals surface area contributed by atoms with Gasteiger partial charge in [-0.3, -0.25) is 4.79 Å². The van der Waals surface area contributed by atoms with Gasteiger partial charge in [-0.1, -0.05) is 12.1 Å². The predicted octanol–water partition coefficient (Wildman–Crippen LogP) is 2.37. The minimum absolute atomic E-state index is 0.0146. The fraction of sp³-hybridized carbons (Fsp3) is 0.133. The third-order valence-electron chi connectivity index (χ3n) is 3.24. The molecule has 0 aliphatic heterocycles. The lowest BCUT2D eigenvalue weighted by Gasteiger charge is -2.13. The second-order valence-electron chi connectivity index (χ2n) is 4.81. The number of fused-ring (bicyclic) bond motifs is 1. The number of para-hydroxylation sites is 1. The number of rotatable bonds is 4. The third-order valence-corrected chi connectivity index (χ3v) is 3.24. The van der Waals surface area contributed by atoms with Gasteiger partial charge in [0.1, 0.15) is 6.20 Å². The lowest BCUT2D eigenvalue weighted by Crippen LogP contribution is -2.16. The predicted molar refractivity (Wildman–Crippen MR) is 82.3 cm³/mol. The SMILES string of the molecule is C[C@@H](Oc1cccnc1[N+](=O)[O-])c1nc2ccccc2c(=O)[nH]1. The molecule has 0 radical (unpaired) electrons. The van der Waals surface area contributed by atoms with E-state index in [1.54, 1.807) is 31.2 Å². The first-order valence-corrected chi connectivity index (χ1v) is 6.81. The van der Waals surface area contributed by atoms with Gasteiger partial charge in [-0.25, -0.2) is 4.98 Å². The highest BCUT2D eigenvalue weighted by Gasteiger charge is 2.20. The van der Waals surface area contributed by atoms with E-state index in [9.17, 15) is 14.9 Å². The van der Waals surface area contributed by atoms with Crippen molar-refractivity contribution in [1.82, 2.24) is 15.0 Å². The van der Waals surface area contributed by atoms with E-state index in [4.69, 9.17) is 4.74 Å². The summed E-state index contributed by atoms with van der Waals surface area (Å²) in [6.07, 6.45) is 0.626. The molecule has 2 aromatic heterocycles. The Hall–Kier alpha value is -3.29. The van der Waals surface area contributed by atoms with Crippen LogP contribution >= 0.6 is 0 Å². The summed E-state index contributed by atoms with van der Waals surface area (Å²) in [4.78, 5) is 33.0. The summed E-state index contributed by atoms with van der Waals surface area (Å²) in [5.74, 6) is -0.0878. The molecule has 3 rings (SSSR count). The number of pyridine rings is 1. The highest BCUT2D eigenvalue weighted by atomic mass is 16.6. The zero-order chi connectivity index (χ0) is 16.4. The number of aromatic nitrogens is 3. The number of benzene rings is 1. The molecular formula is C15H12N4O4. The second kappa shape index (κ2) is 5.84. The van der Waals surface area contributed by atoms with Crippen molar-refractivity contribution >= 4 is 16.7 Å². The third kappa shape index (κ3) is 2.86. The van der Waals surface area contributed by atoms with E-state index in [-0.39, 0.29) is 23.0 Å². The van der Waals surface area contributed by atoms with Crippen molar-refractivity contribution in [3.8, 4) is 5.75 Å². The van der Waals surface area contributed by atoms with Crippen LogP contribution in [0.25, 0.3) is 10.9 Å². The average molecular weight is 312 g/mol. The Labute approximate surface area is 129 Å². The lowest BCUT2D eigenvalue weighted by molar-refractivity contribution is -0.390. The summed E-state index contributed by atoms with van der Waals surface area (Å²) in [6, 6.07) is 9.88. The molecule has 3 aromatic rings. The number of nitrogens with zero attached hydrogens (tertiary/aromatic N) is 3. The number of H-pyrrole nitrogens is 1. The fourth-order valence-corrected chi connectivity index (χ4v) is 2.15. The smallest absolute Gasteiger partial charge is 0.406 e. The van der Waals surface area contributed by atoms with Crippen LogP contribution < -0.4 is 10.3 Å². The van der Waals surface area contributed by atoms with Crippen LogP contribution in [0.3, 0.4) is 0 Å². The van der Waals surface area contributed by atoms with Crippen LogP contribution in [0.5, 0.6) is 5.75 Å². The Morgan fingerprint density at radius 2 is 2.04 bits per heavy atom. The fourth-order valence-electron chi connectivity index (χ4n) is 2.15. The molecule has 0 saturated carbocycles. The molecule has 0 amide bonds. The summed E-state index contributed by atoms with van der Waals surface area (Å²) >= 11 is 0. The minimum atomic E-state index is -0.685. The van der Waals surface area contributed by atoms with E-state index in [1.807, 2.05) is 0 Å². The van der Waals surface area contributed by atoms with E-state index in [0.717, 1.165) is 0 Å². The molecule has 0 saturated heterocycles. The molecule has 0 aliphatic carbocycles. The summed E-state index contributed by atoms with van der Waals surface area (Å²) < 4.78 is 5.56. The van der Waals surface area contributed by atoms with E-state index < -0.39 is 11.0 Å². The Morgan fingerprint density at radius 1 is 1.26 bits per heavy atom. The quantitative estimate of drug-likeness (QED) is 0.584. The maximum atomic E-state index is 12.1. The van der Waals surface area contributed by atoms with Gasteiger partial charge in [0.15, 0.2) is 11.9 Å². The summed E-state index contributed by atoms with van der Waals surface area (Å²) in [6.45, 7) is 1.64. The van der Waals surface area contributed by atoms with Crippen LogP contribution in [0.4, 0.5) is 5.82 Å². The van der Waals surface area contributed by atoms with Crippen molar-refractivity contribution in [3.05, 3.63) is 68.9 Å². The van der Waals surface area contributed by atoms with E-state index >= 15 is 0 Å². The van der Waals surface area contributed by atoms with Crippen molar-refractivity contribution in [2.75, 3.05) is 0 Å². The molecule has 23 heavy (non-hydrogen) atoms. The van der Waals surface area contributed by atoms with Crippen molar-refractivity contribution in [3.63, 3.8) is 0 Å². The highest BCUT2D eigenvalue weighted by Crippen LogP contribution is 2.27. The number of hydrogen-bond donors (Lipinski definition) is 1. The molecule has 0 bridgehead atoms. The van der Waals surface area contributed by atoms with E-state index in [2.05, 4.69) is 15.0 Å². The zero-order valence-electron chi connectivity index (χ0n) is 12.1. The van der Waals surface area contributed by atoms with Crippen LogP contribution in [0, 0.1) is 10.1 Å². The molecule has 0 fully saturated rings. The van der Waals surface area contributed by atoms with Gasteiger partial charge in [-0.2, -0.15) is 0 Å². The van der Waals surface area contributed by atoms with Crippen LogP contribution in [0.2, 0.25) is 0 Å². The number of hydrogen-bond acceptors (Lipinski definition) is 6. The standard InChI is InChI=1S/C15H12N4O4/c1-9(23-12-7-4-8-16-14(12)19(21)22)13-17-11-6-3-2-5-10(11)15(20)18-13/h2-9H,1H3,(H,17,18,20)/t9-/m1/s1. The van der Waals surface area contributed by atoms with Gasteiger partial charge in [-0.05, 0) is 41.1 Å².